The molecule has 1 N–H and O–H groups in total. The van der Waals surface area contributed by atoms with Gasteiger partial charge in [-0.15, -0.1) is 0 Å². The highest BCUT2D eigenvalue weighted by molar-refractivity contribution is 7.80. The lowest BCUT2D eigenvalue weighted by Crippen LogP contribution is -2.47. The summed E-state index contributed by atoms with van der Waals surface area (Å²) in [5, 5.41) is 0. The van der Waals surface area contributed by atoms with Crippen molar-refractivity contribution in [2.75, 3.05) is 19.6 Å². The predicted molar refractivity (Wildman–Crippen MR) is 108 cm³/mol. The van der Waals surface area contributed by atoms with Crippen molar-refractivity contribution in [3.63, 3.8) is 0 Å². The van der Waals surface area contributed by atoms with Crippen LogP contribution < -0.4 is 0 Å². The Bertz CT molecular complexity index is 762. The van der Waals surface area contributed by atoms with E-state index in [1.807, 2.05) is 0 Å². The van der Waals surface area contributed by atoms with E-state index in [1.54, 1.807) is 0 Å². The van der Waals surface area contributed by atoms with Crippen molar-refractivity contribution < 1.29 is 0 Å². The number of benzene rings is 1. The Balaban J connectivity index is 1.48. The predicted octanol–water partition coefficient (Wildman–Crippen LogP) is 4.34. The number of likely N-dealkylation sites (tertiary alicyclic amines) is 1. The third kappa shape index (κ3) is 3.20. The monoisotopic (exact) mass is 352 g/mol. The van der Waals surface area contributed by atoms with E-state index in [9.17, 15) is 0 Å². The van der Waals surface area contributed by atoms with Gasteiger partial charge in [-0.1, -0.05) is 49.5 Å². The number of thiocarbonyl (C=S) groups is 1. The minimum atomic E-state index is 0.563. The fraction of sp³-hybridized carbons (Fsp3) is 0.500. The van der Waals surface area contributed by atoms with E-state index in [-0.39, 0.29) is 0 Å². The first-order valence-electron chi connectivity index (χ1n) is 9.68. The molecule has 0 amide bonds. The van der Waals surface area contributed by atoms with Gasteiger partial charge in [-0.25, -0.2) is 0 Å². The van der Waals surface area contributed by atoms with Crippen LogP contribution in [-0.4, -0.2) is 34.4 Å². The zero-order chi connectivity index (χ0) is 17.4. The van der Waals surface area contributed by atoms with E-state index in [2.05, 4.69) is 54.1 Å². The molecule has 0 radical (unpaired) electrons. The van der Waals surface area contributed by atoms with Crippen LogP contribution in [0.15, 0.2) is 30.3 Å². The van der Waals surface area contributed by atoms with Gasteiger partial charge in [0.1, 0.15) is 0 Å². The number of aromatic nitrogens is 1. The van der Waals surface area contributed by atoms with Crippen LogP contribution in [0.5, 0.6) is 0 Å². The molecule has 2 aromatic rings. The van der Waals surface area contributed by atoms with Gasteiger partial charge >= 0.3 is 0 Å². The number of hydrogen-bond donors (Lipinski definition) is 1. The Morgan fingerprint density at radius 1 is 1.24 bits per heavy atom. The van der Waals surface area contributed by atoms with Crippen LogP contribution in [0.25, 0.3) is 0 Å². The van der Waals surface area contributed by atoms with E-state index in [0.717, 1.165) is 31.8 Å². The fourth-order valence-electron chi connectivity index (χ4n) is 4.82. The number of aryl methyl sites for hydroxylation is 1. The summed E-state index contributed by atoms with van der Waals surface area (Å²) >= 11 is 6.01. The molecule has 4 rings (SSSR count). The highest BCUT2D eigenvalue weighted by atomic mass is 32.1. The first-order chi connectivity index (χ1) is 12.2. The molecule has 1 aliphatic heterocycles. The number of fused-ring (bicyclic) bond motifs is 2. The van der Waals surface area contributed by atoms with Gasteiger partial charge in [-0.2, -0.15) is 0 Å². The summed E-state index contributed by atoms with van der Waals surface area (Å²) in [6.45, 7) is 7.96. The molecule has 0 saturated carbocycles. The quantitative estimate of drug-likeness (QED) is 0.826. The Labute approximate surface area is 156 Å². The van der Waals surface area contributed by atoms with Gasteiger partial charge in [0, 0.05) is 40.8 Å². The van der Waals surface area contributed by atoms with Crippen molar-refractivity contribution in [3.8, 4) is 0 Å². The molecule has 0 bridgehead atoms. The second kappa shape index (κ2) is 7.05. The largest absolute Gasteiger partial charge is 0.362 e. The smallest absolute Gasteiger partial charge is 0.0292 e. The average Bonchev–Trinajstić information content (AvgIpc) is 2.96. The molecular weight excluding hydrogens is 324 g/mol. The lowest BCUT2D eigenvalue weighted by molar-refractivity contribution is 0.153. The van der Waals surface area contributed by atoms with Crippen molar-refractivity contribution in [1.82, 2.24) is 9.88 Å². The van der Waals surface area contributed by atoms with Gasteiger partial charge in [0.15, 0.2) is 0 Å². The molecule has 0 unspecified atom stereocenters. The topological polar surface area (TPSA) is 19.0 Å². The van der Waals surface area contributed by atoms with Gasteiger partial charge in [0.25, 0.3) is 0 Å². The molecule has 1 aromatic carbocycles. The third-order valence-electron chi connectivity index (χ3n) is 6.20. The standard InChI is InChI=1S/C22H28N2S/c1-3-18-15(2)23-20-13-17-10-12-24(14-19(17)22(25)21(18)20)11-9-16-7-5-4-6-8-16/h4-8,17,19,23H,3,9-14H2,1-2H3/t17-,19+/m0/s1. The van der Waals surface area contributed by atoms with Gasteiger partial charge in [0.05, 0.1) is 0 Å². The Hall–Kier alpha value is -1.45. The summed E-state index contributed by atoms with van der Waals surface area (Å²) < 4.78 is 0. The molecule has 3 heteroatoms. The second-order valence-corrected chi connectivity index (χ2v) is 8.14. The minimum absolute atomic E-state index is 0.563. The lowest BCUT2D eigenvalue weighted by Gasteiger charge is -2.41. The van der Waals surface area contributed by atoms with Crippen LogP contribution >= 0.6 is 12.2 Å². The van der Waals surface area contributed by atoms with Crippen molar-refractivity contribution >= 4 is 17.1 Å². The maximum Gasteiger partial charge on any atom is 0.0292 e. The summed E-state index contributed by atoms with van der Waals surface area (Å²) in [4.78, 5) is 7.50. The van der Waals surface area contributed by atoms with Crippen LogP contribution in [0, 0.1) is 18.8 Å². The molecule has 0 spiro atoms. The molecular formula is C22H28N2S. The molecule has 2 aliphatic rings. The summed E-state index contributed by atoms with van der Waals surface area (Å²) in [5.41, 5.74) is 7.04. The summed E-state index contributed by atoms with van der Waals surface area (Å²) in [5.74, 6) is 1.29. The third-order valence-corrected chi connectivity index (χ3v) is 6.70. The zero-order valence-corrected chi connectivity index (χ0v) is 16.2. The van der Waals surface area contributed by atoms with E-state index in [0.29, 0.717) is 5.92 Å². The SMILES string of the molecule is CCc1c(C)[nH]c2c1C(=S)[C@@H]1CN(CCc3ccccc3)CC[C@H]1C2. The molecule has 2 atom stereocenters. The normalized spacial score (nSPS) is 23.4. The zero-order valence-electron chi connectivity index (χ0n) is 15.3. The molecule has 2 nitrogen and oxygen atoms in total. The summed E-state index contributed by atoms with van der Waals surface area (Å²) in [6.07, 6.45) is 4.68. The van der Waals surface area contributed by atoms with E-state index in [4.69, 9.17) is 12.2 Å². The van der Waals surface area contributed by atoms with Crippen LogP contribution in [0.3, 0.4) is 0 Å². The highest BCUT2D eigenvalue weighted by Crippen LogP contribution is 2.38. The van der Waals surface area contributed by atoms with Crippen LogP contribution in [-0.2, 0) is 19.3 Å². The molecule has 1 saturated heterocycles. The Morgan fingerprint density at radius 3 is 2.80 bits per heavy atom. The van der Waals surface area contributed by atoms with Crippen LogP contribution in [0.2, 0.25) is 0 Å². The number of H-pyrrole nitrogens is 1. The average molecular weight is 353 g/mol. The molecule has 1 aromatic heterocycles. The van der Waals surface area contributed by atoms with Crippen molar-refractivity contribution in [1.29, 1.82) is 0 Å². The lowest BCUT2D eigenvalue weighted by atomic mass is 9.73. The number of piperidine rings is 1. The van der Waals surface area contributed by atoms with E-state index < -0.39 is 0 Å². The summed E-state index contributed by atoms with van der Waals surface area (Å²) in [6, 6.07) is 10.8. The van der Waals surface area contributed by atoms with E-state index >= 15 is 0 Å². The number of nitrogens with zero attached hydrogens (tertiary/aromatic N) is 1. The molecule has 1 aliphatic carbocycles. The first-order valence-corrected chi connectivity index (χ1v) is 10.1. The van der Waals surface area contributed by atoms with Gasteiger partial charge in [-0.3, -0.25) is 0 Å². The summed E-state index contributed by atoms with van der Waals surface area (Å²) in [7, 11) is 0. The maximum absolute atomic E-state index is 6.01. The second-order valence-electron chi connectivity index (χ2n) is 7.70. The molecule has 2 heterocycles. The number of nitrogens with one attached hydrogen (secondary N) is 1. The minimum Gasteiger partial charge on any atom is -0.362 e. The maximum atomic E-state index is 6.01. The fourth-order valence-corrected chi connectivity index (χ4v) is 5.33. The molecule has 1 fully saturated rings. The van der Waals surface area contributed by atoms with Crippen LogP contribution in [0.4, 0.5) is 0 Å². The van der Waals surface area contributed by atoms with Gasteiger partial charge < -0.3 is 9.88 Å². The Kier molecular flexibility index (Phi) is 4.79. The number of hydrogen-bond acceptors (Lipinski definition) is 2. The number of rotatable bonds is 4. The van der Waals surface area contributed by atoms with Crippen molar-refractivity contribution in [2.45, 2.75) is 39.5 Å². The van der Waals surface area contributed by atoms with Gasteiger partial charge in [-0.05, 0) is 56.2 Å². The molecule has 132 valence electrons. The first kappa shape index (κ1) is 17.0. The van der Waals surface area contributed by atoms with Crippen LogP contribution in [0.1, 0.15) is 41.4 Å². The van der Waals surface area contributed by atoms with Crippen molar-refractivity contribution in [2.24, 2.45) is 11.8 Å². The highest BCUT2D eigenvalue weighted by Gasteiger charge is 2.38. The number of aromatic amines is 1. The van der Waals surface area contributed by atoms with Gasteiger partial charge in [0.2, 0.25) is 0 Å². The van der Waals surface area contributed by atoms with E-state index in [1.165, 1.54) is 52.3 Å². The Morgan fingerprint density at radius 2 is 2.04 bits per heavy atom. The molecule has 25 heavy (non-hydrogen) atoms. The van der Waals surface area contributed by atoms with Crippen molar-refractivity contribution in [3.05, 3.63) is 58.4 Å².